The monoisotopic (exact) mass is 234 g/mol. The van der Waals surface area contributed by atoms with Gasteiger partial charge in [0.2, 0.25) is 0 Å². The van der Waals surface area contributed by atoms with E-state index in [-0.39, 0.29) is 5.82 Å². The van der Waals surface area contributed by atoms with Crippen LogP contribution in [0.2, 0.25) is 0 Å². The van der Waals surface area contributed by atoms with E-state index in [9.17, 15) is 18.0 Å². The molecule has 1 N–H and O–H groups in total. The van der Waals surface area contributed by atoms with Crippen LogP contribution in [0.15, 0.2) is 0 Å². The molecule has 1 aliphatic heterocycles. The van der Waals surface area contributed by atoms with Gasteiger partial charge in [-0.3, -0.25) is 0 Å². The van der Waals surface area contributed by atoms with Crippen LogP contribution >= 0.6 is 0 Å². The highest BCUT2D eigenvalue weighted by Crippen LogP contribution is 2.33. The number of aromatic nitrogens is 2. The molecule has 4 nitrogen and oxygen atoms in total. The maximum Gasteiger partial charge on any atom is 0.435 e. The molecule has 0 radical (unpaired) electrons. The van der Waals surface area contributed by atoms with Gasteiger partial charge in [0.05, 0.1) is 0 Å². The van der Waals surface area contributed by atoms with Gasteiger partial charge in [0.15, 0.2) is 11.4 Å². The van der Waals surface area contributed by atoms with Crippen LogP contribution in [0.5, 0.6) is 0 Å². The largest absolute Gasteiger partial charge is 0.477 e. The molecule has 0 bridgehead atoms. The minimum atomic E-state index is -4.71. The highest BCUT2D eigenvalue weighted by Gasteiger charge is 2.41. The molecule has 88 valence electrons. The molecule has 0 amide bonds. The lowest BCUT2D eigenvalue weighted by Gasteiger charge is -2.14. The van der Waals surface area contributed by atoms with E-state index >= 15 is 0 Å². The molecule has 1 aromatic heterocycles. The number of rotatable bonds is 1. The second kappa shape index (κ2) is 3.50. The summed E-state index contributed by atoms with van der Waals surface area (Å²) in [5.41, 5.74) is -2.01. The number of nitrogens with zero attached hydrogens (tertiary/aromatic N) is 2. The Balaban J connectivity index is 2.61. The molecule has 16 heavy (non-hydrogen) atoms. The van der Waals surface area contributed by atoms with Gasteiger partial charge in [0.1, 0.15) is 5.82 Å². The van der Waals surface area contributed by atoms with Crippen LogP contribution in [-0.2, 0) is 19.1 Å². The van der Waals surface area contributed by atoms with Crippen molar-refractivity contribution in [1.82, 2.24) is 9.55 Å². The Kier molecular flexibility index (Phi) is 2.40. The first kappa shape index (κ1) is 11.0. The third kappa shape index (κ3) is 1.66. The minimum absolute atomic E-state index is 0.218. The lowest BCUT2D eigenvalue weighted by molar-refractivity contribution is -0.141. The summed E-state index contributed by atoms with van der Waals surface area (Å²) >= 11 is 0. The van der Waals surface area contributed by atoms with E-state index in [1.165, 1.54) is 0 Å². The molecule has 0 saturated carbocycles. The first-order chi connectivity index (χ1) is 7.41. The Morgan fingerprint density at radius 2 is 2.06 bits per heavy atom. The van der Waals surface area contributed by atoms with E-state index in [0.717, 1.165) is 11.0 Å². The number of halogens is 3. The Morgan fingerprint density at radius 3 is 2.62 bits per heavy atom. The van der Waals surface area contributed by atoms with Crippen molar-refractivity contribution in [1.29, 1.82) is 0 Å². The lowest BCUT2D eigenvalue weighted by atomic mass is 10.1. The van der Waals surface area contributed by atoms with Gasteiger partial charge in [-0.1, -0.05) is 0 Å². The molecular formula is C9H9F3N2O2. The average Bonchev–Trinajstić information content (AvgIpc) is 2.55. The molecule has 2 heterocycles. The fourth-order valence-electron chi connectivity index (χ4n) is 1.90. The van der Waals surface area contributed by atoms with Crippen molar-refractivity contribution < 1.29 is 23.1 Å². The number of carboxylic acid groups (broad SMARTS) is 1. The second-order valence-electron chi connectivity index (χ2n) is 3.64. The Hall–Kier alpha value is -1.53. The molecule has 0 spiro atoms. The van der Waals surface area contributed by atoms with Gasteiger partial charge in [-0.2, -0.15) is 13.2 Å². The van der Waals surface area contributed by atoms with Crippen molar-refractivity contribution in [2.45, 2.75) is 32.0 Å². The van der Waals surface area contributed by atoms with E-state index in [0.29, 0.717) is 19.4 Å². The van der Waals surface area contributed by atoms with E-state index in [1.807, 2.05) is 0 Å². The summed E-state index contributed by atoms with van der Waals surface area (Å²) < 4.78 is 38.8. The van der Waals surface area contributed by atoms with Gasteiger partial charge < -0.3 is 9.67 Å². The van der Waals surface area contributed by atoms with Crippen LogP contribution < -0.4 is 0 Å². The summed E-state index contributed by atoms with van der Waals surface area (Å²) in [7, 11) is 0. The summed E-state index contributed by atoms with van der Waals surface area (Å²) in [6.45, 7) is 0.292. The maximum absolute atomic E-state index is 12.6. The summed E-state index contributed by atoms with van der Waals surface area (Å²) in [4.78, 5) is 14.2. The molecule has 0 fully saturated rings. The normalized spacial score (nSPS) is 15.9. The quantitative estimate of drug-likeness (QED) is 0.807. The van der Waals surface area contributed by atoms with Gasteiger partial charge >= 0.3 is 12.1 Å². The van der Waals surface area contributed by atoms with Crippen molar-refractivity contribution in [3.63, 3.8) is 0 Å². The van der Waals surface area contributed by atoms with E-state index < -0.39 is 23.5 Å². The molecule has 7 heteroatoms. The Labute approximate surface area is 88.7 Å². The first-order valence-electron chi connectivity index (χ1n) is 4.81. The second-order valence-corrected chi connectivity index (χ2v) is 3.64. The summed E-state index contributed by atoms with van der Waals surface area (Å²) in [5.74, 6) is -1.36. The van der Waals surface area contributed by atoms with Crippen LogP contribution in [-0.4, -0.2) is 20.6 Å². The topological polar surface area (TPSA) is 55.1 Å². The van der Waals surface area contributed by atoms with Gasteiger partial charge in [-0.15, -0.1) is 0 Å². The predicted octanol–water partition coefficient (Wildman–Crippen LogP) is 1.94. The molecule has 0 aliphatic carbocycles. The molecule has 0 unspecified atom stereocenters. The zero-order chi connectivity index (χ0) is 11.9. The standard InChI is InChI=1S/C9H9F3N2O2/c10-9(11,12)7-6(8(15)16)14-4-2-1-3-5(14)13-7/h1-4H2,(H,15,16). The number of hydrogen-bond donors (Lipinski definition) is 1. The van der Waals surface area contributed by atoms with Crippen molar-refractivity contribution in [3.8, 4) is 0 Å². The smallest absolute Gasteiger partial charge is 0.435 e. The fraction of sp³-hybridized carbons (Fsp3) is 0.556. The van der Waals surface area contributed by atoms with Crippen molar-refractivity contribution in [2.24, 2.45) is 0 Å². The average molecular weight is 234 g/mol. The van der Waals surface area contributed by atoms with Crippen LogP contribution in [0.4, 0.5) is 13.2 Å². The number of imidazole rings is 1. The number of alkyl halides is 3. The zero-order valence-electron chi connectivity index (χ0n) is 8.21. The number of carboxylic acids is 1. The number of fused-ring (bicyclic) bond motifs is 1. The van der Waals surface area contributed by atoms with Crippen LogP contribution in [0.1, 0.15) is 34.8 Å². The number of aryl methyl sites for hydroxylation is 1. The minimum Gasteiger partial charge on any atom is -0.477 e. The van der Waals surface area contributed by atoms with Crippen LogP contribution in [0.3, 0.4) is 0 Å². The van der Waals surface area contributed by atoms with E-state index in [4.69, 9.17) is 5.11 Å². The van der Waals surface area contributed by atoms with Gasteiger partial charge in [-0.05, 0) is 12.8 Å². The highest BCUT2D eigenvalue weighted by molar-refractivity contribution is 5.87. The Morgan fingerprint density at radius 1 is 1.38 bits per heavy atom. The number of aromatic carboxylic acids is 1. The van der Waals surface area contributed by atoms with Crippen LogP contribution in [0, 0.1) is 0 Å². The third-order valence-corrected chi connectivity index (χ3v) is 2.55. The fourth-order valence-corrected chi connectivity index (χ4v) is 1.90. The lowest BCUT2D eigenvalue weighted by Crippen LogP contribution is -2.18. The molecule has 1 aliphatic rings. The molecule has 2 rings (SSSR count). The van der Waals surface area contributed by atoms with E-state index in [1.54, 1.807) is 0 Å². The Bertz CT molecular complexity index is 437. The molecule has 0 atom stereocenters. The van der Waals surface area contributed by atoms with E-state index in [2.05, 4.69) is 4.98 Å². The summed E-state index contributed by atoms with van der Waals surface area (Å²) in [5, 5.41) is 8.81. The third-order valence-electron chi connectivity index (χ3n) is 2.55. The SMILES string of the molecule is O=C(O)c1c(C(F)(F)F)nc2n1CCCC2. The van der Waals surface area contributed by atoms with Gasteiger partial charge in [0.25, 0.3) is 0 Å². The molecule has 0 aromatic carbocycles. The zero-order valence-corrected chi connectivity index (χ0v) is 8.21. The maximum atomic E-state index is 12.6. The number of hydrogen-bond acceptors (Lipinski definition) is 2. The van der Waals surface area contributed by atoms with Crippen molar-refractivity contribution in [2.75, 3.05) is 0 Å². The number of carbonyl (C=O) groups is 1. The first-order valence-corrected chi connectivity index (χ1v) is 4.81. The molecular weight excluding hydrogens is 225 g/mol. The van der Waals surface area contributed by atoms with Gasteiger partial charge in [0, 0.05) is 13.0 Å². The summed E-state index contributed by atoms with van der Waals surface area (Å²) in [6.07, 6.45) is -2.89. The predicted molar refractivity (Wildman–Crippen MR) is 47.1 cm³/mol. The highest BCUT2D eigenvalue weighted by atomic mass is 19.4. The van der Waals surface area contributed by atoms with Crippen LogP contribution in [0.25, 0.3) is 0 Å². The van der Waals surface area contributed by atoms with Crippen molar-refractivity contribution >= 4 is 5.97 Å². The molecule has 0 saturated heterocycles. The molecule has 1 aromatic rings. The summed E-state index contributed by atoms with van der Waals surface area (Å²) in [6, 6.07) is 0. The van der Waals surface area contributed by atoms with Gasteiger partial charge in [-0.25, -0.2) is 9.78 Å². The van der Waals surface area contributed by atoms with Crippen molar-refractivity contribution in [3.05, 3.63) is 17.2 Å².